The van der Waals surface area contributed by atoms with Crippen LogP contribution in [0.3, 0.4) is 0 Å². The van der Waals surface area contributed by atoms with Crippen molar-refractivity contribution in [3.8, 4) is 0 Å². The first-order chi connectivity index (χ1) is 10.2. The molecule has 0 saturated carbocycles. The predicted molar refractivity (Wildman–Crippen MR) is 88.4 cm³/mol. The number of sulfonamides is 1. The molecule has 0 heterocycles. The van der Waals surface area contributed by atoms with E-state index in [1.54, 1.807) is 0 Å². The summed E-state index contributed by atoms with van der Waals surface area (Å²) in [4.78, 5) is 10.9. The minimum atomic E-state index is -3.97. The van der Waals surface area contributed by atoms with Crippen LogP contribution >= 0.6 is 39.1 Å². The molecule has 0 unspecified atom stereocenters. The third-order valence-corrected chi connectivity index (χ3v) is 5.10. The van der Waals surface area contributed by atoms with E-state index in [0.717, 1.165) is 6.07 Å². The number of rotatable bonds is 4. The lowest BCUT2D eigenvalue weighted by Gasteiger charge is -2.10. The first kappa shape index (κ1) is 17.1. The van der Waals surface area contributed by atoms with E-state index in [-0.39, 0.29) is 30.7 Å². The average molecular weight is 425 g/mol. The second-order valence-corrected chi connectivity index (χ2v) is 7.62. The lowest BCUT2D eigenvalue weighted by atomic mass is 10.2. The topological polar surface area (TPSA) is 83.5 Å². The summed E-state index contributed by atoms with van der Waals surface area (Å²) in [5.41, 5.74) is 0.0179. The molecule has 0 amide bonds. The number of hydrogen-bond donors (Lipinski definition) is 2. The van der Waals surface area contributed by atoms with Gasteiger partial charge in [-0.2, -0.15) is 0 Å². The van der Waals surface area contributed by atoms with Crippen LogP contribution in [0.25, 0.3) is 0 Å². The van der Waals surface area contributed by atoms with Gasteiger partial charge in [0.05, 0.1) is 16.1 Å². The minimum absolute atomic E-state index is 0.160. The summed E-state index contributed by atoms with van der Waals surface area (Å²) in [5, 5.41) is 9.58. The van der Waals surface area contributed by atoms with Crippen molar-refractivity contribution in [3.05, 3.63) is 56.5 Å². The van der Waals surface area contributed by atoms with Gasteiger partial charge in [-0.05, 0) is 52.3 Å². The molecular weight excluding hydrogens is 417 g/mol. The van der Waals surface area contributed by atoms with E-state index in [1.165, 1.54) is 30.3 Å². The van der Waals surface area contributed by atoms with Gasteiger partial charge < -0.3 is 5.11 Å². The van der Waals surface area contributed by atoms with Gasteiger partial charge in [0.25, 0.3) is 10.0 Å². The molecule has 2 N–H and O–H groups in total. The number of anilines is 1. The van der Waals surface area contributed by atoms with E-state index < -0.39 is 16.0 Å². The molecule has 116 valence electrons. The van der Waals surface area contributed by atoms with Gasteiger partial charge in [0.2, 0.25) is 0 Å². The minimum Gasteiger partial charge on any atom is -0.478 e. The summed E-state index contributed by atoms with van der Waals surface area (Å²) in [7, 11) is -3.97. The van der Waals surface area contributed by atoms with Gasteiger partial charge in [-0.25, -0.2) is 13.2 Å². The Morgan fingerprint density at radius 1 is 1.09 bits per heavy atom. The number of hydrogen-bond acceptors (Lipinski definition) is 3. The third-order valence-electron chi connectivity index (χ3n) is 2.59. The molecule has 0 aliphatic rings. The molecule has 0 saturated heterocycles. The summed E-state index contributed by atoms with van der Waals surface area (Å²) in [6.45, 7) is 0. The highest BCUT2D eigenvalue weighted by Gasteiger charge is 2.18. The second kappa shape index (κ2) is 6.45. The third kappa shape index (κ3) is 3.92. The van der Waals surface area contributed by atoms with Crippen molar-refractivity contribution in [2.45, 2.75) is 4.90 Å². The van der Waals surface area contributed by atoms with E-state index >= 15 is 0 Å². The number of nitrogens with one attached hydrogen (secondary N) is 1. The SMILES string of the molecule is O=C(O)c1cc(S(=O)(=O)Nc2cc(Cl)cc(Cl)c2)ccc1Br. The summed E-state index contributed by atoms with van der Waals surface area (Å²) in [6, 6.07) is 7.93. The molecule has 0 atom stereocenters. The Kier molecular flexibility index (Phi) is 5.01. The fraction of sp³-hybridized carbons (Fsp3) is 0. The van der Waals surface area contributed by atoms with Crippen LogP contribution in [-0.2, 0) is 10.0 Å². The molecule has 0 fully saturated rings. The molecule has 5 nitrogen and oxygen atoms in total. The molecule has 0 aliphatic heterocycles. The van der Waals surface area contributed by atoms with Crippen molar-refractivity contribution in [2.75, 3.05) is 4.72 Å². The van der Waals surface area contributed by atoms with Gasteiger partial charge in [-0.15, -0.1) is 0 Å². The number of aromatic carboxylic acids is 1. The van der Waals surface area contributed by atoms with Crippen molar-refractivity contribution < 1.29 is 18.3 Å². The molecular formula is C13H8BrCl2NO4S. The predicted octanol–water partition coefficient (Wildman–Crippen LogP) is 4.25. The zero-order chi connectivity index (χ0) is 16.5. The van der Waals surface area contributed by atoms with Crippen LogP contribution in [0.2, 0.25) is 10.0 Å². The summed E-state index contributed by atoms with van der Waals surface area (Å²) in [6.07, 6.45) is 0. The molecule has 0 aromatic heterocycles. The monoisotopic (exact) mass is 423 g/mol. The molecule has 2 aromatic rings. The van der Waals surface area contributed by atoms with Crippen LogP contribution in [0.5, 0.6) is 0 Å². The molecule has 22 heavy (non-hydrogen) atoms. The quantitative estimate of drug-likeness (QED) is 0.768. The zero-order valence-corrected chi connectivity index (χ0v) is 14.6. The fourth-order valence-electron chi connectivity index (χ4n) is 1.66. The van der Waals surface area contributed by atoms with Crippen LogP contribution in [0, 0.1) is 0 Å². The van der Waals surface area contributed by atoms with E-state index in [2.05, 4.69) is 20.7 Å². The van der Waals surface area contributed by atoms with E-state index in [1.807, 2.05) is 0 Å². The Morgan fingerprint density at radius 2 is 1.68 bits per heavy atom. The number of halogens is 3. The van der Waals surface area contributed by atoms with Gasteiger partial charge in [0, 0.05) is 14.5 Å². The summed E-state index contributed by atoms with van der Waals surface area (Å²) >= 11 is 14.7. The van der Waals surface area contributed by atoms with Crippen LogP contribution in [0.15, 0.2) is 45.8 Å². The van der Waals surface area contributed by atoms with Gasteiger partial charge in [-0.3, -0.25) is 4.72 Å². The molecule has 2 rings (SSSR count). The van der Waals surface area contributed by atoms with Crippen molar-refractivity contribution >= 4 is 60.8 Å². The van der Waals surface area contributed by atoms with Crippen molar-refractivity contribution in [1.29, 1.82) is 0 Å². The van der Waals surface area contributed by atoms with Crippen molar-refractivity contribution in [1.82, 2.24) is 0 Å². The molecule has 0 bridgehead atoms. The Morgan fingerprint density at radius 3 is 2.23 bits per heavy atom. The smallest absolute Gasteiger partial charge is 0.336 e. The first-order valence-corrected chi connectivity index (χ1v) is 8.74. The van der Waals surface area contributed by atoms with Gasteiger partial charge in [0.1, 0.15) is 0 Å². The molecule has 9 heteroatoms. The van der Waals surface area contributed by atoms with Gasteiger partial charge in [-0.1, -0.05) is 23.2 Å². The van der Waals surface area contributed by atoms with E-state index in [9.17, 15) is 13.2 Å². The number of carboxylic acid groups (broad SMARTS) is 1. The highest BCUT2D eigenvalue weighted by molar-refractivity contribution is 9.10. The van der Waals surface area contributed by atoms with Crippen molar-refractivity contribution in [2.24, 2.45) is 0 Å². The van der Waals surface area contributed by atoms with E-state index in [4.69, 9.17) is 28.3 Å². The van der Waals surface area contributed by atoms with E-state index in [0.29, 0.717) is 0 Å². The maximum absolute atomic E-state index is 12.3. The second-order valence-electron chi connectivity index (χ2n) is 4.21. The Labute approximate surface area is 145 Å². The standard InChI is InChI=1S/C13H8BrCl2NO4S/c14-12-2-1-10(6-11(12)13(18)19)22(20,21)17-9-4-7(15)3-8(16)5-9/h1-6,17H,(H,18,19). The fourth-order valence-corrected chi connectivity index (χ4v) is 3.67. The maximum atomic E-state index is 12.3. The largest absolute Gasteiger partial charge is 0.478 e. The Balaban J connectivity index is 2.42. The highest BCUT2D eigenvalue weighted by atomic mass is 79.9. The molecule has 0 radical (unpaired) electrons. The maximum Gasteiger partial charge on any atom is 0.336 e. The summed E-state index contributed by atoms with van der Waals surface area (Å²) < 4.78 is 27.2. The molecule has 2 aromatic carbocycles. The lowest BCUT2D eigenvalue weighted by molar-refractivity contribution is 0.0695. The van der Waals surface area contributed by atoms with Crippen LogP contribution < -0.4 is 4.72 Å². The highest BCUT2D eigenvalue weighted by Crippen LogP contribution is 2.26. The van der Waals surface area contributed by atoms with Crippen LogP contribution in [0.1, 0.15) is 10.4 Å². The zero-order valence-electron chi connectivity index (χ0n) is 10.7. The normalized spacial score (nSPS) is 11.2. The Hall–Kier alpha value is -1.28. The Bertz CT molecular complexity index is 835. The number of benzene rings is 2. The van der Waals surface area contributed by atoms with Crippen LogP contribution in [0.4, 0.5) is 5.69 Å². The molecule has 0 aliphatic carbocycles. The van der Waals surface area contributed by atoms with Gasteiger partial charge in [0.15, 0.2) is 0 Å². The number of carboxylic acids is 1. The first-order valence-electron chi connectivity index (χ1n) is 5.71. The van der Waals surface area contributed by atoms with Crippen LogP contribution in [-0.4, -0.2) is 19.5 Å². The summed E-state index contributed by atoms with van der Waals surface area (Å²) in [5.74, 6) is -1.24. The van der Waals surface area contributed by atoms with Crippen molar-refractivity contribution in [3.63, 3.8) is 0 Å². The average Bonchev–Trinajstić information content (AvgIpc) is 2.36. The number of carbonyl (C=O) groups is 1. The molecule has 0 spiro atoms. The lowest BCUT2D eigenvalue weighted by Crippen LogP contribution is -2.14. The van der Waals surface area contributed by atoms with Gasteiger partial charge >= 0.3 is 5.97 Å².